The highest BCUT2D eigenvalue weighted by molar-refractivity contribution is 5.89. The van der Waals surface area contributed by atoms with E-state index < -0.39 is 5.54 Å². The van der Waals surface area contributed by atoms with Crippen LogP contribution in [0.15, 0.2) is 24.3 Å². The van der Waals surface area contributed by atoms with Crippen LogP contribution in [0.1, 0.15) is 51.5 Å². The zero-order valence-corrected chi connectivity index (χ0v) is 15.1. The molecule has 25 heavy (non-hydrogen) atoms. The second-order valence-electron chi connectivity index (χ2n) is 7.40. The molecular weight excluding hydrogens is 318 g/mol. The summed E-state index contributed by atoms with van der Waals surface area (Å²) in [6, 6.07) is 7.32. The third kappa shape index (κ3) is 6.74. The molecule has 0 radical (unpaired) electrons. The van der Waals surface area contributed by atoms with E-state index in [9.17, 15) is 14.7 Å². The van der Waals surface area contributed by atoms with Crippen LogP contribution in [0.4, 0.5) is 10.5 Å². The summed E-state index contributed by atoms with van der Waals surface area (Å²) in [6.45, 7) is 3.42. The van der Waals surface area contributed by atoms with Crippen LogP contribution >= 0.6 is 0 Å². The van der Waals surface area contributed by atoms with Crippen LogP contribution in [-0.2, 0) is 11.2 Å². The van der Waals surface area contributed by atoms with Crippen LogP contribution in [0, 0.1) is 0 Å². The molecule has 0 saturated heterocycles. The second kappa shape index (κ2) is 8.85. The smallest absolute Gasteiger partial charge is 0.319 e. The first-order chi connectivity index (χ1) is 11.9. The molecule has 1 fully saturated rings. The Morgan fingerprint density at radius 3 is 2.36 bits per heavy atom. The highest BCUT2D eigenvalue weighted by Crippen LogP contribution is 2.17. The Morgan fingerprint density at radius 2 is 1.76 bits per heavy atom. The Morgan fingerprint density at radius 1 is 1.12 bits per heavy atom. The number of aliphatic hydroxyl groups is 1. The summed E-state index contributed by atoms with van der Waals surface area (Å²) in [5.41, 5.74) is 0.924. The van der Waals surface area contributed by atoms with Crippen molar-refractivity contribution in [2.75, 3.05) is 11.9 Å². The largest absolute Gasteiger partial charge is 0.394 e. The molecule has 0 aliphatic heterocycles. The van der Waals surface area contributed by atoms with E-state index in [2.05, 4.69) is 16.0 Å². The molecule has 4 N–H and O–H groups in total. The van der Waals surface area contributed by atoms with Gasteiger partial charge in [0.15, 0.2) is 0 Å². The molecule has 1 aliphatic carbocycles. The van der Waals surface area contributed by atoms with Gasteiger partial charge in [-0.05, 0) is 44.4 Å². The first-order valence-corrected chi connectivity index (χ1v) is 8.96. The normalized spacial score (nSPS) is 15.5. The minimum absolute atomic E-state index is 0.113. The first kappa shape index (κ1) is 19.2. The van der Waals surface area contributed by atoms with Gasteiger partial charge in [0.05, 0.1) is 18.6 Å². The van der Waals surface area contributed by atoms with Crippen molar-refractivity contribution in [1.82, 2.24) is 10.6 Å². The summed E-state index contributed by atoms with van der Waals surface area (Å²) in [6.07, 6.45) is 5.93. The van der Waals surface area contributed by atoms with E-state index in [-0.39, 0.29) is 31.0 Å². The van der Waals surface area contributed by atoms with Crippen molar-refractivity contribution in [2.24, 2.45) is 0 Å². The second-order valence-corrected chi connectivity index (χ2v) is 7.40. The van der Waals surface area contributed by atoms with Crippen molar-refractivity contribution in [2.45, 2.75) is 64.0 Å². The molecule has 0 aromatic heterocycles. The number of urea groups is 1. The van der Waals surface area contributed by atoms with Crippen LogP contribution in [0.5, 0.6) is 0 Å². The number of amides is 3. The summed E-state index contributed by atoms with van der Waals surface area (Å²) >= 11 is 0. The number of benzene rings is 1. The lowest BCUT2D eigenvalue weighted by Gasteiger charge is -2.23. The fourth-order valence-electron chi connectivity index (χ4n) is 2.95. The maximum absolute atomic E-state index is 12.0. The summed E-state index contributed by atoms with van der Waals surface area (Å²) in [4.78, 5) is 24.0. The van der Waals surface area contributed by atoms with Crippen molar-refractivity contribution in [3.8, 4) is 0 Å². The average molecular weight is 347 g/mol. The number of rotatable bonds is 6. The standard InChI is InChI=1S/C19H29N3O3/c1-19(2,13-23)22-17(24)12-14-8-10-16(11-9-14)21-18(25)20-15-6-4-3-5-7-15/h8-11,15,23H,3-7,12-13H2,1-2H3,(H,22,24)(H2,20,21,25). The Balaban J connectivity index is 1.80. The zero-order valence-electron chi connectivity index (χ0n) is 15.1. The van der Waals surface area contributed by atoms with E-state index in [1.54, 1.807) is 26.0 Å². The number of aliphatic hydroxyl groups excluding tert-OH is 1. The summed E-state index contributed by atoms with van der Waals surface area (Å²) in [5.74, 6) is -0.144. The van der Waals surface area contributed by atoms with Crippen LogP contribution < -0.4 is 16.0 Å². The van der Waals surface area contributed by atoms with Gasteiger partial charge in [-0.1, -0.05) is 31.4 Å². The lowest BCUT2D eigenvalue weighted by atomic mass is 9.96. The molecule has 6 heteroatoms. The number of anilines is 1. The fourth-order valence-corrected chi connectivity index (χ4v) is 2.95. The highest BCUT2D eigenvalue weighted by Gasteiger charge is 2.19. The fraction of sp³-hybridized carbons (Fsp3) is 0.579. The monoisotopic (exact) mass is 347 g/mol. The Kier molecular flexibility index (Phi) is 6.82. The lowest BCUT2D eigenvalue weighted by Crippen LogP contribution is -2.46. The number of nitrogens with one attached hydrogen (secondary N) is 3. The van der Waals surface area contributed by atoms with Crippen LogP contribution in [-0.4, -0.2) is 35.2 Å². The average Bonchev–Trinajstić information content (AvgIpc) is 2.57. The number of carbonyl (C=O) groups excluding carboxylic acids is 2. The Labute approximate surface area is 149 Å². The molecule has 1 saturated carbocycles. The van der Waals surface area contributed by atoms with Crippen molar-refractivity contribution < 1.29 is 14.7 Å². The predicted molar refractivity (Wildman–Crippen MR) is 98.5 cm³/mol. The minimum atomic E-state index is -0.629. The quantitative estimate of drug-likeness (QED) is 0.637. The lowest BCUT2D eigenvalue weighted by molar-refractivity contribution is -0.122. The topological polar surface area (TPSA) is 90.5 Å². The van der Waals surface area contributed by atoms with E-state index in [1.807, 2.05) is 12.1 Å². The molecule has 0 spiro atoms. The van der Waals surface area contributed by atoms with E-state index in [0.29, 0.717) is 5.69 Å². The minimum Gasteiger partial charge on any atom is -0.394 e. The zero-order chi connectivity index (χ0) is 18.3. The van der Waals surface area contributed by atoms with Crippen molar-refractivity contribution in [3.63, 3.8) is 0 Å². The molecule has 3 amide bonds. The molecule has 0 bridgehead atoms. The van der Waals surface area contributed by atoms with Crippen molar-refractivity contribution in [1.29, 1.82) is 0 Å². The van der Waals surface area contributed by atoms with Gasteiger partial charge in [-0.3, -0.25) is 4.79 Å². The number of carbonyl (C=O) groups is 2. The maximum Gasteiger partial charge on any atom is 0.319 e. The molecule has 138 valence electrons. The van der Waals surface area contributed by atoms with Gasteiger partial charge < -0.3 is 21.1 Å². The van der Waals surface area contributed by atoms with Gasteiger partial charge >= 0.3 is 6.03 Å². The van der Waals surface area contributed by atoms with Crippen molar-refractivity contribution in [3.05, 3.63) is 29.8 Å². The SMILES string of the molecule is CC(C)(CO)NC(=O)Cc1ccc(NC(=O)NC2CCCCC2)cc1. The Bertz CT molecular complexity index is 578. The molecule has 6 nitrogen and oxygen atoms in total. The van der Waals surface area contributed by atoms with E-state index in [1.165, 1.54) is 19.3 Å². The molecule has 2 rings (SSSR count). The van der Waals surface area contributed by atoms with Crippen molar-refractivity contribution >= 4 is 17.6 Å². The Hall–Kier alpha value is -2.08. The predicted octanol–water partition coefficient (Wildman–Crippen LogP) is 2.57. The van der Waals surface area contributed by atoms with Crippen LogP contribution in [0.2, 0.25) is 0 Å². The first-order valence-electron chi connectivity index (χ1n) is 8.96. The van der Waals surface area contributed by atoms with Gasteiger partial charge in [0.1, 0.15) is 0 Å². The third-order valence-electron chi connectivity index (χ3n) is 4.39. The summed E-state index contributed by atoms with van der Waals surface area (Å²) in [5, 5.41) is 17.8. The van der Waals surface area contributed by atoms with E-state index >= 15 is 0 Å². The number of hydrogen-bond donors (Lipinski definition) is 4. The maximum atomic E-state index is 12.0. The van der Waals surface area contributed by atoms with Gasteiger partial charge in [0.25, 0.3) is 0 Å². The molecule has 1 aromatic rings. The van der Waals surface area contributed by atoms with E-state index in [0.717, 1.165) is 18.4 Å². The molecule has 0 atom stereocenters. The summed E-state index contributed by atoms with van der Waals surface area (Å²) in [7, 11) is 0. The van der Waals surface area contributed by atoms with E-state index in [4.69, 9.17) is 0 Å². The van der Waals surface area contributed by atoms with Crippen LogP contribution in [0.25, 0.3) is 0 Å². The van der Waals surface area contributed by atoms with Gasteiger partial charge in [-0.2, -0.15) is 0 Å². The third-order valence-corrected chi connectivity index (χ3v) is 4.39. The van der Waals surface area contributed by atoms with Gasteiger partial charge in [0, 0.05) is 11.7 Å². The van der Waals surface area contributed by atoms with Gasteiger partial charge in [0.2, 0.25) is 5.91 Å². The van der Waals surface area contributed by atoms with Crippen LogP contribution in [0.3, 0.4) is 0 Å². The molecule has 0 unspecified atom stereocenters. The molecular formula is C19H29N3O3. The highest BCUT2D eigenvalue weighted by atomic mass is 16.3. The summed E-state index contributed by atoms with van der Waals surface area (Å²) < 4.78 is 0. The van der Waals surface area contributed by atoms with Gasteiger partial charge in [-0.25, -0.2) is 4.79 Å². The molecule has 0 heterocycles. The number of hydrogen-bond acceptors (Lipinski definition) is 3. The molecule has 1 aromatic carbocycles. The van der Waals surface area contributed by atoms with Gasteiger partial charge in [-0.15, -0.1) is 0 Å². The molecule has 1 aliphatic rings.